The highest BCUT2D eigenvalue weighted by molar-refractivity contribution is 7.89. The molecule has 1 heterocycles. The summed E-state index contributed by atoms with van der Waals surface area (Å²) in [6, 6.07) is 0. The number of hydrogen-bond donors (Lipinski definition) is 3. The Bertz CT molecular complexity index is 409. The third-order valence-corrected chi connectivity index (χ3v) is 2.73. The van der Waals surface area contributed by atoms with Gasteiger partial charge in [0.25, 0.3) is 10.0 Å². The maximum absolute atomic E-state index is 11.1. The number of aromatic nitrogens is 2. The molecule has 0 atom stereocenters. The van der Waals surface area contributed by atoms with Crippen molar-refractivity contribution >= 4 is 10.0 Å². The quantitative estimate of drug-likeness (QED) is 0.632. The van der Waals surface area contributed by atoms with Gasteiger partial charge in [-0.05, 0) is 13.5 Å². The average molecular weight is 218 g/mol. The second kappa shape index (κ2) is 4.07. The van der Waals surface area contributed by atoms with Crippen LogP contribution in [0.3, 0.4) is 0 Å². The number of rotatable bonds is 4. The molecule has 0 unspecified atom stereocenters. The molecule has 0 radical (unpaired) electrons. The lowest BCUT2D eigenvalue weighted by Gasteiger charge is -2.02. The van der Waals surface area contributed by atoms with Gasteiger partial charge in [-0.3, -0.25) is 5.10 Å². The van der Waals surface area contributed by atoms with E-state index in [2.05, 4.69) is 15.5 Å². The summed E-state index contributed by atoms with van der Waals surface area (Å²) in [7, 11) is -3.73. The van der Waals surface area contributed by atoms with Crippen LogP contribution in [0.1, 0.15) is 18.2 Å². The van der Waals surface area contributed by atoms with E-state index in [1.54, 1.807) is 6.92 Å². The Kier molecular flexibility index (Phi) is 3.25. The third-order valence-electron chi connectivity index (χ3n) is 1.86. The molecule has 1 aromatic heterocycles. The van der Waals surface area contributed by atoms with Gasteiger partial charge in [0, 0.05) is 17.8 Å². The molecule has 0 fully saturated rings. The lowest BCUT2D eigenvalue weighted by atomic mass is 10.2. The fourth-order valence-corrected chi connectivity index (χ4v) is 1.87. The summed E-state index contributed by atoms with van der Waals surface area (Å²) in [6.45, 7) is 4.90. The van der Waals surface area contributed by atoms with Crippen LogP contribution in [0.4, 0.5) is 0 Å². The van der Waals surface area contributed by atoms with Gasteiger partial charge in [-0.15, -0.1) is 0 Å². The minimum absolute atomic E-state index is 0.0732. The van der Waals surface area contributed by atoms with E-state index in [1.807, 2.05) is 6.92 Å². The van der Waals surface area contributed by atoms with Gasteiger partial charge in [-0.25, -0.2) is 13.6 Å². The summed E-state index contributed by atoms with van der Waals surface area (Å²) in [5.74, 6) is 0. The molecule has 0 aliphatic heterocycles. The van der Waals surface area contributed by atoms with Crippen molar-refractivity contribution in [2.24, 2.45) is 5.14 Å². The molecule has 0 saturated heterocycles. The molecular weight excluding hydrogens is 204 g/mol. The zero-order valence-electron chi connectivity index (χ0n) is 8.16. The number of H-pyrrole nitrogens is 1. The first-order valence-electron chi connectivity index (χ1n) is 4.24. The van der Waals surface area contributed by atoms with Crippen LogP contribution >= 0.6 is 0 Å². The van der Waals surface area contributed by atoms with Crippen LogP contribution in [0.2, 0.25) is 0 Å². The molecule has 7 heteroatoms. The Labute approximate surface area is 82.9 Å². The van der Waals surface area contributed by atoms with E-state index in [4.69, 9.17) is 5.14 Å². The molecule has 0 aliphatic carbocycles. The topological polar surface area (TPSA) is 101 Å². The number of sulfonamides is 1. The standard InChI is InChI=1S/C7H14N4O2S/c1-3-9-4-6-5(2)10-11-7(6)14(8,12)13/h9H,3-4H2,1-2H3,(H,10,11)(H2,8,12,13). The summed E-state index contributed by atoms with van der Waals surface area (Å²) in [5, 5.41) is 14.2. The summed E-state index contributed by atoms with van der Waals surface area (Å²) < 4.78 is 22.2. The van der Waals surface area contributed by atoms with Crippen molar-refractivity contribution in [3.8, 4) is 0 Å². The Balaban J connectivity index is 3.07. The third kappa shape index (κ3) is 2.31. The molecule has 14 heavy (non-hydrogen) atoms. The zero-order chi connectivity index (χ0) is 10.8. The molecular formula is C7H14N4O2S. The van der Waals surface area contributed by atoms with Gasteiger partial charge in [0.05, 0.1) is 0 Å². The first kappa shape index (κ1) is 11.2. The Hall–Kier alpha value is -0.920. The van der Waals surface area contributed by atoms with Gasteiger partial charge in [0.15, 0.2) is 5.03 Å². The summed E-state index contributed by atoms with van der Waals surface area (Å²) in [6.07, 6.45) is 0. The number of nitrogens with zero attached hydrogens (tertiary/aromatic N) is 1. The maximum atomic E-state index is 11.1. The van der Waals surface area contributed by atoms with Gasteiger partial charge in [0.2, 0.25) is 0 Å². The van der Waals surface area contributed by atoms with Crippen LogP contribution in [-0.2, 0) is 16.6 Å². The number of hydrogen-bond acceptors (Lipinski definition) is 4. The Morgan fingerprint density at radius 2 is 2.21 bits per heavy atom. The van der Waals surface area contributed by atoms with Crippen molar-refractivity contribution in [1.29, 1.82) is 0 Å². The van der Waals surface area contributed by atoms with Crippen molar-refractivity contribution in [2.45, 2.75) is 25.4 Å². The monoisotopic (exact) mass is 218 g/mol. The van der Waals surface area contributed by atoms with Crippen molar-refractivity contribution in [1.82, 2.24) is 15.5 Å². The summed E-state index contributed by atoms with van der Waals surface area (Å²) in [4.78, 5) is 0. The van der Waals surface area contributed by atoms with E-state index >= 15 is 0 Å². The van der Waals surface area contributed by atoms with Gasteiger partial charge in [-0.1, -0.05) is 6.92 Å². The highest BCUT2D eigenvalue weighted by Gasteiger charge is 2.19. The fourth-order valence-electron chi connectivity index (χ4n) is 1.12. The highest BCUT2D eigenvalue weighted by atomic mass is 32.2. The molecule has 80 valence electrons. The van der Waals surface area contributed by atoms with Crippen molar-refractivity contribution in [2.75, 3.05) is 6.54 Å². The molecule has 0 spiro atoms. The Morgan fingerprint density at radius 3 is 2.71 bits per heavy atom. The minimum atomic E-state index is -3.73. The predicted octanol–water partition coefficient (Wildman–Crippen LogP) is -0.525. The fraction of sp³-hybridized carbons (Fsp3) is 0.571. The predicted molar refractivity (Wildman–Crippen MR) is 52.1 cm³/mol. The van der Waals surface area contributed by atoms with E-state index in [1.165, 1.54) is 0 Å². The molecule has 0 saturated carbocycles. The van der Waals surface area contributed by atoms with Crippen LogP contribution < -0.4 is 10.5 Å². The second-order valence-corrected chi connectivity index (χ2v) is 4.43. The first-order chi connectivity index (χ1) is 6.46. The SMILES string of the molecule is CCNCc1c(S(N)(=O)=O)n[nH]c1C. The largest absolute Gasteiger partial charge is 0.313 e. The Morgan fingerprint density at radius 1 is 1.57 bits per heavy atom. The van der Waals surface area contributed by atoms with Crippen LogP contribution in [0.15, 0.2) is 5.03 Å². The number of nitrogens with one attached hydrogen (secondary N) is 2. The van der Waals surface area contributed by atoms with Crippen molar-refractivity contribution < 1.29 is 8.42 Å². The molecule has 1 rings (SSSR count). The lowest BCUT2D eigenvalue weighted by Crippen LogP contribution is -2.18. The van der Waals surface area contributed by atoms with E-state index in [-0.39, 0.29) is 5.03 Å². The van der Waals surface area contributed by atoms with Crippen LogP contribution in [0.25, 0.3) is 0 Å². The summed E-state index contributed by atoms with van der Waals surface area (Å²) >= 11 is 0. The molecule has 6 nitrogen and oxygen atoms in total. The van der Waals surface area contributed by atoms with E-state index in [0.29, 0.717) is 12.1 Å². The minimum Gasteiger partial charge on any atom is -0.313 e. The number of aromatic amines is 1. The van der Waals surface area contributed by atoms with Gasteiger partial charge < -0.3 is 5.32 Å². The van der Waals surface area contributed by atoms with Crippen molar-refractivity contribution in [3.63, 3.8) is 0 Å². The van der Waals surface area contributed by atoms with E-state index in [9.17, 15) is 8.42 Å². The van der Waals surface area contributed by atoms with Gasteiger partial charge in [-0.2, -0.15) is 5.10 Å². The van der Waals surface area contributed by atoms with E-state index < -0.39 is 10.0 Å². The number of primary sulfonamides is 1. The molecule has 4 N–H and O–H groups in total. The highest BCUT2D eigenvalue weighted by Crippen LogP contribution is 2.13. The average Bonchev–Trinajstić information content (AvgIpc) is 2.42. The van der Waals surface area contributed by atoms with Crippen LogP contribution in [0.5, 0.6) is 0 Å². The normalized spacial score (nSPS) is 11.9. The molecule has 0 aliphatic rings. The number of nitrogens with two attached hydrogens (primary N) is 1. The second-order valence-electron chi connectivity index (χ2n) is 2.96. The molecule has 0 bridgehead atoms. The van der Waals surface area contributed by atoms with Crippen LogP contribution in [-0.4, -0.2) is 25.2 Å². The molecule has 1 aromatic rings. The van der Waals surface area contributed by atoms with Crippen molar-refractivity contribution in [3.05, 3.63) is 11.3 Å². The summed E-state index contributed by atoms with van der Waals surface area (Å²) in [5.41, 5.74) is 1.32. The smallest absolute Gasteiger partial charge is 0.257 e. The molecule has 0 amide bonds. The van der Waals surface area contributed by atoms with Gasteiger partial charge >= 0.3 is 0 Å². The van der Waals surface area contributed by atoms with Gasteiger partial charge in [0.1, 0.15) is 0 Å². The zero-order valence-corrected chi connectivity index (χ0v) is 8.98. The molecule has 0 aromatic carbocycles. The lowest BCUT2D eigenvalue weighted by molar-refractivity contribution is 0.590. The van der Waals surface area contributed by atoms with Crippen LogP contribution in [0, 0.1) is 6.92 Å². The maximum Gasteiger partial charge on any atom is 0.257 e. The first-order valence-corrected chi connectivity index (χ1v) is 5.78. The van der Waals surface area contributed by atoms with E-state index in [0.717, 1.165) is 12.2 Å². The number of aryl methyl sites for hydroxylation is 1.